The van der Waals surface area contributed by atoms with Gasteiger partial charge in [-0.1, -0.05) is 19.8 Å². The molecule has 0 atom stereocenters. The number of unbranched alkanes of at least 4 members (excludes halogenated alkanes) is 3. The molecule has 0 radical (unpaired) electrons. The Labute approximate surface area is 128 Å². The van der Waals surface area contributed by atoms with Crippen LogP contribution in [0.5, 0.6) is 0 Å². The largest absolute Gasteiger partial charge is 0.470 e. The van der Waals surface area contributed by atoms with E-state index in [-0.39, 0.29) is 21.7 Å². The number of hydrogen-bond acceptors (Lipinski definition) is 5. The van der Waals surface area contributed by atoms with E-state index in [1.54, 1.807) is 0 Å². The molecule has 0 aromatic rings. The van der Waals surface area contributed by atoms with Gasteiger partial charge in [0.2, 0.25) is 0 Å². The molecule has 0 aromatic heterocycles. The van der Waals surface area contributed by atoms with Gasteiger partial charge in [0, 0.05) is 43.0 Å². The van der Waals surface area contributed by atoms with Gasteiger partial charge in [0.15, 0.2) is 0 Å². The topological polar surface area (TPSA) is 98.7 Å². The summed E-state index contributed by atoms with van der Waals surface area (Å²) in [4.78, 5) is 0. The summed E-state index contributed by atoms with van der Waals surface area (Å²) in [5, 5.41) is 24.3. The third-order valence-electron chi connectivity index (χ3n) is 1.62. The molecule has 0 saturated heterocycles. The number of hydrogen-bond donors (Lipinski definition) is 5. The van der Waals surface area contributed by atoms with Crippen LogP contribution in [0.4, 0.5) is 0 Å². The first-order chi connectivity index (χ1) is 8.41. The van der Waals surface area contributed by atoms with Crippen molar-refractivity contribution in [3.8, 4) is 0 Å². The zero-order valence-corrected chi connectivity index (χ0v) is 14.0. The van der Waals surface area contributed by atoms with Crippen molar-refractivity contribution in [2.45, 2.75) is 39.0 Å². The van der Waals surface area contributed by atoms with E-state index in [4.69, 9.17) is 21.1 Å². The molecule has 0 spiro atoms. The average Bonchev–Trinajstić information content (AvgIpc) is 2.45. The van der Waals surface area contributed by atoms with Crippen LogP contribution in [0.25, 0.3) is 0 Å². The van der Waals surface area contributed by atoms with Gasteiger partial charge in [0.1, 0.15) is 0 Å². The second-order valence-corrected chi connectivity index (χ2v) is 2.77. The van der Waals surface area contributed by atoms with E-state index in [9.17, 15) is 0 Å². The SMILES string of the molecule is CC[CH-]NCCCCCCN.CO.CO.CO.[Ti]. The average molecular weight is 301 g/mol. The molecule has 6 heteroatoms. The molecule has 0 unspecified atom stereocenters. The summed E-state index contributed by atoms with van der Waals surface area (Å²) in [5.41, 5.74) is 5.37. The smallest absolute Gasteiger partial charge is 0.0319 e. The number of aliphatic hydroxyl groups excluding tert-OH is 3. The van der Waals surface area contributed by atoms with Crippen LogP contribution in [-0.4, -0.2) is 49.7 Å². The number of rotatable bonds is 8. The minimum atomic E-state index is 0. The second-order valence-electron chi connectivity index (χ2n) is 2.77. The predicted molar refractivity (Wildman–Crippen MR) is 74.5 cm³/mol. The van der Waals surface area contributed by atoms with Crippen molar-refractivity contribution in [1.29, 1.82) is 0 Å². The zero-order chi connectivity index (χ0) is 14.4. The van der Waals surface area contributed by atoms with Crippen molar-refractivity contribution in [3.63, 3.8) is 0 Å². The Hall–Kier alpha value is 0.514. The fourth-order valence-electron chi connectivity index (χ4n) is 0.971. The molecular weight excluding hydrogens is 268 g/mol. The van der Waals surface area contributed by atoms with Crippen molar-refractivity contribution in [3.05, 3.63) is 6.54 Å². The normalized spacial score (nSPS) is 7.33. The fourth-order valence-corrected chi connectivity index (χ4v) is 0.971. The zero-order valence-electron chi connectivity index (χ0n) is 12.4. The van der Waals surface area contributed by atoms with E-state index in [2.05, 4.69) is 18.8 Å². The first-order valence-electron chi connectivity index (χ1n) is 6.01. The van der Waals surface area contributed by atoms with E-state index in [0.29, 0.717) is 0 Å². The van der Waals surface area contributed by atoms with Crippen LogP contribution in [0.3, 0.4) is 0 Å². The quantitative estimate of drug-likeness (QED) is 0.255. The first kappa shape index (κ1) is 31.1. The molecule has 0 fully saturated rings. The number of nitrogens with one attached hydrogen (secondary N) is 1. The third-order valence-corrected chi connectivity index (χ3v) is 1.62. The summed E-state index contributed by atoms with van der Waals surface area (Å²) in [6, 6.07) is 0. The molecule has 0 aromatic carbocycles. The van der Waals surface area contributed by atoms with Crippen molar-refractivity contribution in [2.75, 3.05) is 34.4 Å². The molecule has 114 valence electrons. The van der Waals surface area contributed by atoms with Crippen LogP contribution >= 0.6 is 0 Å². The van der Waals surface area contributed by atoms with Crippen LogP contribution in [0, 0.1) is 6.54 Å². The predicted octanol–water partition coefficient (Wildman–Crippen LogP) is 0.490. The Morgan fingerprint density at radius 3 is 1.72 bits per heavy atom. The molecule has 5 nitrogen and oxygen atoms in total. The van der Waals surface area contributed by atoms with Gasteiger partial charge in [0.05, 0.1) is 0 Å². The van der Waals surface area contributed by atoms with Crippen LogP contribution < -0.4 is 11.1 Å². The van der Waals surface area contributed by atoms with E-state index >= 15 is 0 Å². The molecule has 0 amide bonds. The van der Waals surface area contributed by atoms with E-state index in [0.717, 1.165) is 40.8 Å². The van der Waals surface area contributed by atoms with Gasteiger partial charge >= 0.3 is 0 Å². The molecular formula is C12H33N2O3Ti-. The summed E-state index contributed by atoms with van der Waals surface area (Å²) >= 11 is 0. The Bertz CT molecular complexity index is 74.3. The maximum atomic E-state index is 7.00. The molecule has 0 saturated carbocycles. The molecule has 0 aliphatic carbocycles. The maximum Gasteiger partial charge on any atom is 0.0319 e. The Kier molecular flexibility index (Phi) is 91.2. The fraction of sp³-hybridized carbons (Fsp3) is 0.917. The molecule has 0 bridgehead atoms. The van der Waals surface area contributed by atoms with Gasteiger partial charge in [-0.15, -0.1) is 0 Å². The Morgan fingerprint density at radius 2 is 1.33 bits per heavy atom. The van der Waals surface area contributed by atoms with Crippen molar-refractivity contribution >= 4 is 0 Å². The summed E-state index contributed by atoms with van der Waals surface area (Å²) in [7, 11) is 3.00. The van der Waals surface area contributed by atoms with Gasteiger partial charge in [0.25, 0.3) is 0 Å². The summed E-state index contributed by atoms with van der Waals surface area (Å²) in [5.74, 6) is 0. The van der Waals surface area contributed by atoms with Crippen molar-refractivity contribution in [1.82, 2.24) is 5.32 Å². The van der Waals surface area contributed by atoms with E-state index in [1.807, 2.05) is 0 Å². The minimum Gasteiger partial charge on any atom is -0.470 e. The summed E-state index contributed by atoms with van der Waals surface area (Å²) < 4.78 is 0. The molecule has 0 aliphatic rings. The second kappa shape index (κ2) is 52.8. The van der Waals surface area contributed by atoms with E-state index < -0.39 is 0 Å². The van der Waals surface area contributed by atoms with Gasteiger partial charge in [-0.05, 0) is 25.9 Å². The van der Waals surface area contributed by atoms with Gasteiger partial charge in [-0.25, -0.2) is 0 Å². The van der Waals surface area contributed by atoms with Gasteiger partial charge in [-0.2, -0.15) is 6.42 Å². The minimum absolute atomic E-state index is 0. The number of aliphatic hydroxyl groups is 3. The Morgan fingerprint density at radius 1 is 0.889 bits per heavy atom. The molecule has 6 N–H and O–H groups in total. The molecule has 0 aliphatic heterocycles. The number of nitrogens with two attached hydrogens (primary N) is 1. The Balaban J connectivity index is -0.0000000700. The van der Waals surface area contributed by atoms with Crippen LogP contribution in [0.15, 0.2) is 0 Å². The van der Waals surface area contributed by atoms with E-state index in [1.165, 1.54) is 25.7 Å². The van der Waals surface area contributed by atoms with Gasteiger partial charge < -0.3 is 26.4 Å². The molecule has 0 heterocycles. The molecule has 0 rings (SSSR count). The monoisotopic (exact) mass is 301 g/mol. The molecule has 18 heavy (non-hydrogen) atoms. The van der Waals surface area contributed by atoms with Crippen LogP contribution in [0.2, 0.25) is 0 Å². The first-order valence-corrected chi connectivity index (χ1v) is 6.01. The summed E-state index contributed by atoms with van der Waals surface area (Å²) in [6.45, 7) is 6.22. The maximum absolute atomic E-state index is 7.00. The van der Waals surface area contributed by atoms with Gasteiger partial charge in [-0.3, -0.25) is 6.54 Å². The van der Waals surface area contributed by atoms with Crippen LogP contribution in [0.1, 0.15) is 39.0 Å². The van der Waals surface area contributed by atoms with Crippen LogP contribution in [-0.2, 0) is 21.7 Å². The van der Waals surface area contributed by atoms with Crippen molar-refractivity contribution < 1.29 is 37.0 Å². The van der Waals surface area contributed by atoms with Crippen molar-refractivity contribution in [2.24, 2.45) is 5.73 Å². The third kappa shape index (κ3) is 54.8. The summed E-state index contributed by atoms with van der Waals surface area (Å²) in [6.07, 6.45) is 6.16. The standard InChI is InChI=1S/C9H21N2.3CH4O.Ti/c1-2-8-11-9-6-4-3-5-7-10;3*1-2;/h8,11H,2-7,9-10H2,1H3;3*2H,1H3;/q-1;;;;.